The van der Waals surface area contributed by atoms with Crippen molar-refractivity contribution in [2.24, 2.45) is 0 Å². The van der Waals surface area contributed by atoms with Crippen molar-refractivity contribution in [3.63, 3.8) is 0 Å². The van der Waals surface area contributed by atoms with Crippen LogP contribution in [0.25, 0.3) is 10.8 Å². The predicted octanol–water partition coefficient (Wildman–Crippen LogP) is 3.47. The average Bonchev–Trinajstić information content (AvgIpc) is 3.34. The number of nitrogens with one attached hydrogen (secondary N) is 2. The molecule has 0 radical (unpaired) electrons. The standard InChI is InChI=1S/C19H15ClN2O2/c20-13-6-3-5-11(8-13)15-10-16(15)21-19(24)17-9-12-4-1-2-7-14(12)18(23)22-17/h1-9,15-16H,10H2,(H,21,24)(H,22,23)/t15-,16-/m0/s1. The molecule has 0 spiro atoms. The first-order valence-electron chi connectivity index (χ1n) is 7.80. The van der Waals surface area contributed by atoms with E-state index in [-0.39, 0.29) is 29.1 Å². The van der Waals surface area contributed by atoms with Crippen LogP contribution in [0.1, 0.15) is 28.4 Å². The fraction of sp³-hybridized carbons (Fsp3) is 0.158. The molecule has 5 heteroatoms. The van der Waals surface area contributed by atoms with Crippen LogP contribution in [0.5, 0.6) is 0 Å². The molecule has 1 aromatic heterocycles. The van der Waals surface area contributed by atoms with Gasteiger partial charge in [0.15, 0.2) is 0 Å². The first kappa shape index (κ1) is 15.0. The summed E-state index contributed by atoms with van der Waals surface area (Å²) in [7, 11) is 0. The van der Waals surface area contributed by atoms with E-state index in [4.69, 9.17) is 11.6 Å². The van der Waals surface area contributed by atoms with Crippen LogP contribution >= 0.6 is 11.6 Å². The lowest BCUT2D eigenvalue weighted by atomic mass is 10.1. The van der Waals surface area contributed by atoms with Crippen molar-refractivity contribution in [2.75, 3.05) is 0 Å². The highest BCUT2D eigenvalue weighted by Crippen LogP contribution is 2.41. The van der Waals surface area contributed by atoms with E-state index in [0.717, 1.165) is 17.4 Å². The van der Waals surface area contributed by atoms with Gasteiger partial charge in [-0.05, 0) is 41.6 Å². The number of fused-ring (bicyclic) bond motifs is 1. The molecule has 3 aromatic rings. The highest BCUT2D eigenvalue weighted by Gasteiger charge is 2.39. The molecule has 120 valence electrons. The summed E-state index contributed by atoms with van der Waals surface area (Å²) in [6.45, 7) is 0. The van der Waals surface area contributed by atoms with Crippen molar-refractivity contribution in [1.29, 1.82) is 0 Å². The lowest BCUT2D eigenvalue weighted by Crippen LogP contribution is -2.29. The van der Waals surface area contributed by atoms with Gasteiger partial charge in [-0.3, -0.25) is 9.59 Å². The molecule has 1 aliphatic rings. The Bertz CT molecular complexity index is 996. The zero-order valence-corrected chi connectivity index (χ0v) is 13.5. The second-order valence-electron chi connectivity index (χ2n) is 6.08. The van der Waals surface area contributed by atoms with Gasteiger partial charge in [-0.1, -0.05) is 41.9 Å². The summed E-state index contributed by atoms with van der Waals surface area (Å²) in [6, 6.07) is 16.7. The number of hydrogen-bond acceptors (Lipinski definition) is 2. The van der Waals surface area contributed by atoms with Crippen molar-refractivity contribution in [3.8, 4) is 0 Å². The Morgan fingerprint density at radius 3 is 2.79 bits per heavy atom. The molecule has 1 amide bonds. The molecule has 4 rings (SSSR count). The van der Waals surface area contributed by atoms with Gasteiger partial charge >= 0.3 is 0 Å². The third-order valence-electron chi connectivity index (χ3n) is 4.38. The molecule has 1 fully saturated rings. The molecule has 0 unspecified atom stereocenters. The monoisotopic (exact) mass is 338 g/mol. The molecular weight excluding hydrogens is 324 g/mol. The molecule has 1 heterocycles. The molecule has 0 aliphatic heterocycles. The van der Waals surface area contributed by atoms with E-state index >= 15 is 0 Å². The quantitative estimate of drug-likeness (QED) is 0.768. The van der Waals surface area contributed by atoms with Crippen LogP contribution < -0.4 is 10.9 Å². The number of hydrogen-bond donors (Lipinski definition) is 2. The molecule has 2 aromatic carbocycles. The Labute approximate surface area is 143 Å². The number of rotatable bonds is 3. The Kier molecular flexibility index (Phi) is 3.62. The van der Waals surface area contributed by atoms with Crippen LogP contribution in [0.3, 0.4) is 0 Å². The number of amides is 1. The van der Waals surface area contributed by atoms with Crippen molar-refractivity contribution >= 4 is 28.3 Å². The summed E-state index contributed by atoms with van der Waals surface area (Å²) in [6.07, 6.45) is 0.879. The SMILES string of the molecule is O=C(N[C@H]1C[C@H]1c1cccc(Cl)c1)c1cc2ccccc2c(=O)[nH]1. The van der Waals surface area contributed by atoms with Gasteiger partial charge in [0, 0.05) is 22.4 Å². The molecule has 1 saturated carbocycles. The second kappa shape index (κ2) is 5.80. The third kappa shape index (κ3) is 2.81. The minimum atomic E-state index is -0.257. The minimum absolute atomic E-state index is 0.0749. The molecule has 0 saturated heterocycles. The van der Waals surface area contributed by atoms with E-state index in [1.165, 1.54) is 0 Å². The Morgan fingerprint density at radius 2 is 1.96 bits per heavy atom. The lowest BCUT2D eigenvalue weighted by Gasteiger charge is -2.06. The van der Waals surface area contributed by atoms with Gasteiger partial charge in [-0.15, -0.1) is 0 Å². The first-order chi connectivity index (χ1) is 11.6. The smallest absolute Gasteiger partial charge is 0.268 e. The molecular formula is C19H15ClN2O2. The lowest BCUT2D eigenvalue weighted by molar-refractivity contribution is 0.0945. The number of H-pyrrole nitrogens is 1. The van der Waals surface area contributed by atoms with Crippen LogP contribution in [0.2, 0.25) is 5.02 Å². The second-order valence-corrected chi connectivity index (χ2v) is 6.51. The summed E-state index contributed by atoms with van der Waals surface area (Å²) >= 11 is 6.01. The average molecular weight is 339 g/mol. The van der Waals surface area contributed by atoms with Crippen molar-refractivity contribution < 1.29 is 4.79 Å². The number of pyridine rings is 1. The summed E-state index contributed by atoms with van der Waals surface area (Å²) in [5.74, 6) is 0.0206. The van der Waals surface area contributed by atoms with Crippen LogP contribution in [-0.2, 0) is 0 Å². The van der Waals surface area contributed by atoms with E-state index in [0.29, 0.717) is 10.4 Å². The maximum absolute atomic E-state index is 12.4. The van der Waals surface area contributed by atoms with Crippen LogP contribution in [0.4, 0.5) is 0 Å². The zero-order chi connectivity index (χ0) is 16.7. The molecule has 0 bridgehead atoms. The van der Waals surface area contributed by atoms with Crippen LogP contribution in [-0.4, -0.2) is 16.9 Å². The number of carbonyl (C=O) groups excluding carboxylic acids is 1. The van der Waals surface area contributed by atoms with E-state index in [2.05, 4.69) is 10.3 Å². The Morgan fingerprint density at radius 1 is 1.12 bits per heavy atom. The molecule has 2 atom stereocenters. The third-order valence-corrected chi connectivity index (χ3v) is 4.62. The number of aromatic amines is 1. The van der Waals surface area contributed by atoms with Crippen molar-refractivity contribution in [2.45, 2.75) is 18.4 Å². The summed E-state index contributed by atoms with van der Waals surface area (Å²) < 4.78 is 0. The van der Waals surface area contributed by atoms with Gasteiger partial charge in [-0.25, -0.2) is 0 Å². The zero-order valence-electron chi connectivity index (χ0n) is 12.8. The highest BCUT2D eigenvalue weighted by molar-refractivity contribution is 6.30. The summed E-state index contributed by atoms with van der Waals surface area (Å²) in [4.78, 5) is 27.2. The normalized spacial score (nSPS) is 19.2. The minimum Gasteiger partial charge on any atom is -0.347 e. The summed E-state index contributed by atoms with van der Waals surface area (Å²) in [5.41, 5.74) is 1.16. The fourth-order valence-electron chi connectivity index (χ4n) is 3.04. The van der Waals surface area contributed by atoms with E-state index < -0.39 is 0 Å². The van der Waals surface area contributed by atoms with E-state index in [1.807, 2.05) is 36.4 Å². The number of carbonyl (C=O) groups is 1. The van der Waals surface area contributed by atoms with Crippen molar-refractivity contribution in [3.05, 3.63) is 81.2 Å². The maximum atomic E-state index is 12.4. The molecule has 1 aliphatic carbocycles. The van der Waals surface area contributed by atoms with Gasteiger partial charge in [0.05, 0.1) is 0 Å². The Balaban J connectivity index is 1.52. The van der Waals surface area contributed by atoms with E-state index in [9.17, 15) is 9.59 Å². The van der Waals surface area contributed by atoms with Gasteiger partial charge in [0.1, 0.15) is 5.69 Å². The van der Waals surface area contributed by atoms with Crippen LogP contribution in [0.15, 0.2) is 59.4 Å². The predicted molar refractivity (Wildman–Crippen MR) is 94.6 cm³/mol. The first-order valence-corrected chi connectivity index (χ1v) is 8.18. The van der Waals surface area contributed by atoms with Gasteiger partial charge in [-0.2, -0.15) is 0 Å². The maximum Gasteiger partial charge on any atom is 0.268 e. The Hall–Kier alpha value is -2.59. The molecule has 4 nitrogen and oxygen atoms in total. The van der Waals surface area contributed by atoms with Crippen LogP contribution in [0, 0.1) is 0 Å². The number of aromatic nitrogens is 1. The largest absolute Gasteiger partial charge is 0.347 e. The molecule has 2 N–H and O–H groups in total. The number of halogens is 1. The van der Waals surface area contributed by atoms with E-state index in [1.54, 1.807) is 18.2 Å². The van der Waals surface area contributed by atoms with Gasteiger partial charge < -0.3 is 10.3 Å². The highest BCUT2D eigenvalue weighted by atomic mass is 35.5. The van der Waals surface area contributed by atoms with Crippen molar-refractivity contribution in [1.82, 2.24) is 10.3 Å². The topological polar surface area (TPSA) is 62.0 Å². The molecule has 24 heavy (non-hydrogen) atoms. The fourth-order valence-corrected chi connectivity index (χ4v) is 3.24. The summed E-state index contributed by atoms with van der Waals surface area (Å²) in [5, 5.41) is 5.01. The number of benzene rings is 2. The van der Waals surface area contributed by atoms with Gasteiger partial charge in [0.2, 0.25) is 0 Å². The van der Waals surface area contributed by atoms with Gasteiger partial charge in [0.25, 0.3) is 11.5 Å².